The van der Waals surface area contributed by atoms with Crippen LogP contribution in [-0.2, 0) is 11.2 Å². The number of aromatic nitrogens is 1. The molecule has 1 N–H and O–H groups in total. The molecule has 6 nitrogen and oxygen atoms in total. The van der Waals surface area contributed by atoms with Gasteiger partial charge in [0, 0.05) is 36.5 Å². The molecule has 0 saturated heterocycles. The maximum atomic E-state index is 12.4. The molecule has 0 bridgehead atoms. The molecule has 130 valence electrons. The number of anilines is 2. The van der Waals surface area contributed by atoms with Crippen molar-refractivity contribution in [1.82, 2.24) is 5.16 Å². The number of hydrogen-bond donors (Lipinski definition) is 1. The van der Waals surface area contributed by atoms with Gasteiger partial charge < -0.3 is 14.7 Å². The van der Waals surface area contributed by atoms with Crippen LogP contribution in [0, 0.1) is 0 Å². The Hall–Kier alpha value is -3.41. The van der Waals surface area contributed by atoms with Crippen LogP contribution in [0.4, 0.5) is 11.4 Å². The van der Waals surface area contributed by atoms with E-state index >= 15 is 0 Å². The first-order chi connectivity index (χ1) is 12.6. The van der Waals surface area contributed by atoms with Crippen LogP contribution < -0.4 is 10.2 Å². The Bertz CT molecular complexity index is 979. The molecule has 0 radical (unpaired) electrons. The number of aryl methyl sites for hydroxylation is 1. The van der Waals surface area contributed by atoms with Crippen molar-refractivity contribution in [2.75, 3.05) is 17.3 Å². The van der Waals surface area contributed by atoms with Crippen molar-refractivity contribution in [2.24, 2.45) is 0 Å². The largest absolute Gasteiger partial charge is 0.355 e. The van der Waals surface area contributed by atoms with E-state index in [4.69, 9.17) is 4.52 Å². The van der Waals surface area contributed by atoms with Crippen LogP contribution in [0.1, 0.15) is 22.5 Å². The average Bonchev–Trinajstić information content (AvgIpc) is 3.16. The molecule has 0 unspecified atom stereocenters. The molecular formula is C20H17N3O3. The van der Waals surface area contributed by atoms with Gasteiger partial charge in [-0.15, -0.1) is 0 Å². The van der Waals surface area contributed by atoms with E-state index in [1.807, 2.05) is 42.5 Å². The molecule has 4 rings (SSSR count). The van der Waals surface area contributed by atoms with Crippen molar-refractivity contribution in [1.29, 1.82) is 0 Å². The number of rotatable bonds is 3. The average molecular weight is 347 g/mol. The van der Waals surface area contributed by atoms with Crippen LogP contribution >= 0.6 is 0 Å². The number of hydrogen-bond acceptors (Lipinski definition) is 4. The molecule has 0 aliphatic carbocycles. The Morgan fingerprint density at radius 1 is 1.12 bits per heavy atom. The predicted octanol–water partition coefficient (Wildman–Crippen LogP) is 3.50. The van der Waals surface area contributed by atoms with Gasteiger partial charge in [0.15, 0.2) is 11.5 Å². The molecule has 0 fully saturated rings. The first-order valence-corrected chi connectivity index (χ1v) is 8.35. The highest BCUT2D eigenvalue weighted by Crippen LogP contribution is 2.29. The first-order valence-electron chi connectivity index (χ1n) is 8.35. The Labute approximate surface area is 150 Å². The molecule has 2 aromatic carbocycles. The van der Waals surface area contributed by atoms with Gasteiger partial charge in [-0.05, 0) is 30.2 Å². The highest BCUT2D eigenvalue weighted by atomic mass is 16.5. The van der Waals surface area contributed by atoms with Crippen molar-refractivity contribution in [2.45, 2.75) is 12.8 Å². The topological polar surface area (TPSA) is 75.4 Å². The summed E-state index contributed by atoms with van der Waals surface area (Å²) in [6.07, 6.45) is 1.15. The van der Waals surface area contributed by atoms with Gasteiger partial charge in [-0.1, -0.05) is 35.5 Å². The lowest BCUT2D eigenvalue weighted by Crippen LogP contribution is -2.31. The summed E-state index contributed by atoms with van der Waals surface area (Å²) in [7, 11) is 1.76. The third-order valence-electron chi connectivity index (χ3n) is 4.48. The van der Waals surface area contributed by atoms with Crippen LogP contribution in [0.5, 0.6) is 0 Å². The van der Waals surface area contributed by atoms with Crippen molar-refractivity contribution in [3.8, 4) is 11.3 Å². The first kappa shape index (κ1) is 16.1. The molecule has 0 saturated carbocycles. The number of carbonyl (C=O) groups excluding carboxylic acids is 2. The van der Waals surface area contributed by atoms with Gasteiger partial charge in [0.25, 0.3) is 5.91 Å². The smallest absolute Gasteiger partial charge is 0.277 e. The fourth-order valence-electron chi connectivity index (χ4n) is 3.05. The zero-order chi connectivity index (χ0) is 18.1. The minimum absolute atomic E-state index is 0.102. The quantitative estimate of drug-likeness (QED) is 0.787. The number of fused-ring (bicyclic) bond motifs is 1. The van der Waals surface area contributed by atoms with Gasteiger partial charge in [0.2, 0.25) is 5.91 Å². The molecule has 2 amide bonds. The summed E-state index contributed by atoms with van der Waals surface area (Å²) >= 11 is 0. The van der Waals surface area contributed by atoms with Gasteiger partial charge in [-0.2, -0.15) is 0 Å². The molecule has 1 aromatic heterocycles. The lowest BCUT2D eigenvalue weighted by molar-refractivity contribution is -0.118. The van der Waals surface area contributed by atoms with Crippen LogP contribution in [0.15, 0.2) is 59.1 Å². The number of nitrogens with zero attached hydrogens (tertiary/aromatic N) is 2. The van der Waals surface area contributed by atoms with E-state index in [9.17, 15) is 9.59 Å². The Morgan fingerprint density at radius 3 is 2.73 bits per heavy atom. The van der Waals surface area contributed by atoms with E-state index in [1.54, 1.807) is 24.1 Å². The fourth-order valence-corrected chi connectivity index (χ4v) is 3.05. The second kappa shape index (κ2) is 6.48. The lowest BCUT2D eigenvalue weighted by atomic mass is 10.0. The van der Waals surface area contributed by atoms with E-state index in [-0.39, 0.29) is 17.5 Å². The molecule has 3 aromatic rings. The monoisotopic (exact) mass is 347 g/mol. The molecule has 2 heterocycles. The summed E-state index contributed by atoms with van der Waals surface area (Å²) in [5, 5.41) is 6.69. The Kier molecular flexibility index (Phi) is 4.01. The Balaban J connectivity index is 1.52. The normalized spacial score (nSPS) is 13.4. The van der Waals surface area contributed by atoms with Gasteiger partial charge in [0.05, 0.1) is 0 Å². The summed E-state index contributed by atoms with van der Waals surface area (Å²) in [6.45, 7) is 0. The maximum absolute atomic E-state index is 12.4. The number of nitrogens with one attached hydrogen (secondary N) is 1. The molecular weight excluding hydrogens is 330 g/mol. The van der Waals surface area contributed by atoms with E-state index in [0.29, 0.717) is 24.3 Å². The van der Waals surface area contributed by atoms with Crippen LogP contribution in [0.3, 0.4) is 0 Å². The molecule has 0 spiro atoms. The summed E-state index contributed by atoms with van der Waals surface area (Å²) in [6, 6.07) is 16.6. The zero-order valence-corrected chi connectivity index (χ0v) is 14.2. The summed E-state index contributed by atoms with van der Waals surface area (Å²) in [4.78, 5) is 25.9. The second-order valence-electron chi connectivity index (χ2n) is 6.19. The molecule has 26 heavy (non-hydrogen) atoms. The summed E-state index contributed by atoms with van der Waals surface area (Å²) in [5.41, 5.74) is 3.66. The lowest BCUT2D eigenvalue weighted by Gasteiger charge is -2.26. The molecule has 1 aliphatic heterocycles. The van der Waals surface area contributed by atoms with Gasteiger partial charge in [-0.3, -0.25) is 9.59 Å². The van der Waals surface area contributed by atoms with Crippen molar-refractivity contribution < 1.29 is 14.1 Å². The second-order valence-corrected chi connectivity index (χ2v) is 6.19. The minimum atomic E-state index is -0.337. The van der Waals surface area contributed by atoms with Crippen molar-refractivity contribution >= 4 is 23.2 Å². The fraction of sp³-hybridized carbons (Fsp3) is 0.150. The van der Waals surface area contributed by atoms with Crippen molar-refractivity contribution in [3.63, 3.8) is 0 Å². The van der Waals surface area contributed by atoms with Gasteiger partial charge in [0.1, 0.15) is 0 Å². The third kappa shape index (κ3) is 2.97. The van der Waals surface area contributed by atoms with Crippen molar-refractivity contribution in [3.05, 3.63) is 65.9 Å². The van der Waals surface area contributed by atoms with Crippen LogP contribution in [0.25, 0.3) is 11.3 Å². The number of amides is 2. The highest BCUT2D eigenvalue weighted by Gasteiger charge is 2.21. The van der Waals surface area contributed by atoms with Crippen LogP contribution in [-0.4, -0.2) is 24.0 Å². The molecule has 6 heteroatoms. The maximum Gasteiger partial charge on any atom is 0.277 e. The standard InChI is InChI=1S/C20H17N3O3/c1-23-17-9-8-15(11-14(17)7-10-19(23)24)21-20(25)16-12-18(26-22-16)13-5-3-2-4-6-13/h2-6,8-9,11-12H,7,10H2,1H3,(H,21,25). The van der Waals surface area contributed by atoms with Gasteiger partial charge in [-0.25, -0.2) is 0 Å². The zero-order valence-electron chi connectivity index (χ0n) is 14.2. The van der Waals surface area contributed by atoms with Crippen LogP contribution in [0.2, 0.25) is 0 Å². The van der Waals surface area contributed by atoms with Gasteiger partial charge >= 0.3 is 0 Å². The SMILES string of the molecule is CN1C(=O)CCc2cc(NC(=O)c3cc(-c4ccccc4)on3)ccc21. The Morgan fingerprint density at radius 2 is 1.92 bits per heavy atom. The number of benzene rings is 2. The third-order valence-corrected chi connectivity index (χ3v) is 4.48. The molecule has 0 atom stereocenters. The highest BCUT2D eigenvalue weighted by molar-refractivity contribution is 6.04. The summed E-state index contributed by atoms with van der Waals surface area (Å²) in [5.74, 6) is 0.308. The minimum Gasteiger partial charge on any atom is -0.355 e. The van der Waals surface area contributed by atoms with E-state index in [0.717, 1.165) is 16.8 Å². The van der Waals surface area contributed by atoms with E-state index < -0.39 is 0 Å². The number of carbonyl (C=O) groups is 2. The molecule has 1 aliphatic rings. The predicted molar refractivity (Wildman–Crippen MR) is 98.1 cm³/mol. The van der Waals surface area contributed by atoms with E-state index in [2.05, 4.69) is 10.5 Å². The summed E-state index contributed by atoms with van der Waals surface area (Å²) < 4.78 is 5.27. The van der Waals surface area contributed by atoms with E-state index in [1.165, 1.54) is 0 Å².